The average Bonchev–Trinajstić information content (AvgIpc) is 3.16. The van der Waals surface area contributed by atoms with E-state index in [1.54, 1.807) is 19.7 Å². The molecular weight excluding hydrogens is 345 g/mol. The van der Waals surface area contributed by atoms with Crippen molar-refractivity contribution in [1.82, 2.24) is 15.0 Å². The number of fused-ring (bicyclic) bond motifs is 1. The predicted molar refractivity (Wildman–Crippen MR) is 107 cm³/mol. The summed E-state index contributed by atoms with van der Waals surface area (Å²) in [6.07, 6.45) is 5.67. The van der Waals surface area contributed by atoms with Crippen LogP contribution in [-0.2, 0) is 4.57 Å². The van der Waals surface area contributed by atoms with Crippen LogP contribution in [0.2, 0.25) is 0 Å². The van der Waals surface area contributed by atoms with Crippen molar-refractivity contribution in [3.63, 3.8) is 0 Å². The number of rotatable bonds is 5. The summed E-state index contributed by atoms with van der Waals surface area (Å²) in [5.41, 5.74) is 4.35. The van der Waals surface area contributed by atoms with E-state index < -0.39 is 7.14 Å². The Labute approximate surface area is 154 Å². The van der Waals surface area contributed by atoms with Crippen LogP contribution in [0, 0.1) is 11.8 Å². The summed E-state index contributed by atoms with van der Waals surface area (Å²) in [6, 6.07) is 9.61. The molecule has 2 fully saturated rings. The zero-order valence-corrected chi connectivity index (χ0v) is 16.2. The highest BCUT2D eigenvalue weighted by Crippen LogP contribution is 2.37. The Morgan fingerprint density at radius 1 is 1.04 bits per heavy atom. The van der Waals surface area contributed by atoms with Crippen molar-refractivity contribution in [3.05, 3.63) is 36.7 Å². The minimum atomic E-state index is -2.22. The molecule has 2 aromatic rings. The third-order valence-corrected chi connectivity index (χ3v) is 6.97. The summed E-state index contributed by atoms with van der Waals surface area (Å²) in [6.45, 7) is 5.77. The van der Waals surface area contributed by atoms with Gasteiger partial charge in [-0.2, -0.15) is 0 Å². The topological polar surface area (TPSA) is 70.2 Å². The van der Waals surface area contributed by atoms with Gasteiger partial charge in [0.15, 0.2) is 0 Å². The maximum atomic E-state index is 12.1. The van der Waals surface area contributed by atoms with Crippen LogP contribution in [0.25, 0.3) is 0 Å². The molecular formula is C19H26N5OP. The largest absolute Gasteiger partial charge is 0.340 e. The first kappa shape index (κ1) is 17.5. The Bertz CT molecular complexity index is 807. The number of hydrazine groups is 1. The first-order valence-electron chi connectivity index (χ1n) is 9.24. The second-order valence-corrected chi connectivity index (χ2v) is 11.0. The highest BCUT2D eigenvalue weighted by Gasteiger charge is 2.36. The maximum Gasteiger partial charge on any atom is 0.145 e. The second-order valence-electron chi connectivity index (χ2n) is 7.78. The van der Waals surface area contributed by atoms with Crippen LogP contribution in [0.15, 0.2) is 36.7 Å². The van der Waals surface area contributed by atoms with Crippen molar-refractivity contribution in [2.45, 2.75) is 19.3 Å². The zero-order chi connectivity index (χ0) is 18.1. The van der Waals surface area contributed by atoms with Gasteiger partial charge in [0, 0.05) is 30.1 Å². The fourth-order valence-corrected chi connectivity index (χ4v) is 4.89. The molecule has 0 bridgehead atoms. The third-order valence-electron chi connectivity index (χ3n) is 5.43. The zero-order valence-electron chi connectivity index (χ0n) is 15.4. The molecule has 0 spiro atoms. The van der Waals surface area contributed by atoms with Crippen LogP contribution in [0.1, 0.15) is 19.3 Å². The normalized spacial score (nSPS) is 23.0. The van der Waals surface area contributed by atoms with Gasteiger partial charge in [-0.15, -0.1) is 0 Å². The Kier molecular flexibility index (Phi) is 4.72. The van der Waals surface area contributed by atoms with Gasteiger partial charge in [0.2, 0.25) is 0 Å². The lowest BCUT2D eigenvalue weighted by atomic mass is 10.0. The lowest BCUT2D eigenvalue weighted by Crippen LogP contribution is -2.28. The summed E-state index contributed by atoms with van der Waals surface area (Å²) in [5, 5.41) is 6.46. The van der Waals surface area contributed by atoms with Crippen LogP contribution in [0.4, 0.5) is 17.3 Å². The van der Waals surface area contributed by atoms with Crippen molar-refractivity contribution >= 4 is 29.8 Å². The number of hydrogen-bond acceptors (Lipinski definition) is 6. The van der Waals surface area contributed by atoms with Crippen LogP contribution in [-0.4, -0.2) is 41.4 Å². The fourth-order valence-electron chi connectivity index (χ4n) is 4.03. The van der Waals surface area contributed by atoms with Gasteiger partial charge in [-0.3, -0.25) is 0 Å². The molecule has 138 valence electrons. The van der Waals surface area contributed by atoms with Crippen LogP contribution >= 0.6 is 7.14 Å². The van der Waals surface area contributed by atoms with Gasteiger partial charge in [-0.1, -0.05) is 6.42 Å². The van der Waals surface area contributed by atoms with Crippen molar-refractivity contribution in [1.29, 1.82) is 0 Å². The van der Waals surface area contributed by atoms with E-state index in [0.717, 1.165) is 47.6 Å². The van der Waals surface area contributed by atoms with Gasteiger partial charge in [0.25, 0.3) is 0 Å². The highest BCUT2D eigenvalue weighted by molar-refractivity contribution is 7.70. The highest BCUT2D eigenvalue weighted by atomic mass is 31.2. The maximum absolute atomic E-state index is 12.1. The monoisotopic (exact) mass is 371 g/mol. The molecule has 0 amide bonds. The molecule has 7 heteroatoms. The molecule has 1 saturated heterocycles. The first-order chi connectivity index (χ1) is 12.5. The number of aromatic nitrogens is 2. The number of anilines is 3. The lowest BCUT2D eigenvalue weighted by Gasteiger charge is -2.19. The summed E-state index contributed by atoms with van der Waals surface area (Å²) < 4.78 is 12.1. The Morgan fingerprint density at radius 3 is 2.35 bits per heavy atom. The van der Waals surface area contributed by atoms with E-state index in [-0.39, 0.29) is 0 Å². The summed E-state index contributed by atoms with van der Waals surface area (Å²) in [7, 11) is -2.22. The van der Waals surface area contributed by atoms with Crippen LogP contribution in [0.5, 0.6) is 0 Å². The number of nitrogens with zero attached hydrogens (tertiary/aromatic N) is 3. The quantitative estimate of drug-likeness (QED) is 0.784. The van der Waals surface area contributed by atoms with Gasteiger partial charge in [0.05, 0.1) is 0 Å². The molecule has 2 N–H and O–H groups in total. The smallest absolute Gasteiger partial charge is 0.145 e. The Morgan fingerprint density at radius 2 is 1.69 bits per heavy atom. The molecule has 1 aromatic carbocycles. The molecule has 6 nitrogen and oxygen atoms in total. The van der Waals surface area contributed by atoms with Crippen LogP contribution in [0.3, 0.4) is 0 Å². The molecule has 4 rings (SSSR count). The first-order valence-corrected chi connectivity index (χ1v) is 11.8. The summed E-state index contributed by atoms with van der Waals surface area (Å²) >= 11 is 0. The number of hydrogen-bond donors (Lipinski definition) is 2. The fraction of sp³-hybridized carbons (Fsp3) is 0.474. The standard InChI is InChI=1S/C19H26N5OP/c1-26(2,25)17-8-6-16(7-9-17)22-18-10-19(21-13-20-18)23-24-11-14-4-3-5-15(14)12-24/h6-10,13-15H,3-5,11-12H2,1-2H3,(H2,20,21,22,23). The molecule has 26 heavy (non-hydrogen) atoms. The minimum absolute atomic E-state index is 0.742. The molecule has 1 aliphatic carbocycles. The third kappa shape index (κ3) is 3.92. The van der Waals surface area contributed by atoms with E-state index in [9.17, 15) is 4.57 Å². The van der Waals surface area contributed by atoms with Crippen molar-refractivity contribution in [2.75, 3.05) is 37.2 Å². The van der Waals surface area contributed by atoms with E-state index in [0.29, 0.717) is 0 Å². The molecule has 1 aliphatic heterocycles. The Hall–Kier alpha value is -1.91. The van der Waals surface area contributed by atoms with E-state index >= 15 is 0 Å². The molecule has 2 aliphatic rings. The molecule has 1 aromatic heterocycles. The van der Waals surface area contributed by atoms with Crippen molar-refractivity contribution in [2.24, 2.45) is 11.8 Å². The van der Waals surface area contributed by atoms with Gasteiger partial charge >= 0.3 is 0 Å². The van der Waals surface area contributed by atoms with Gasteiger partial charge < -0.3 is 15.3 Å². The van der Waals surface area contributed by atoms with E-state index in [1.165, 1.54) is 19.3 Å². The van der Waals surface area contributed by atoms with Gasteiger partial charge in [-0.25, -0.2) is 15.0 Å². The average molecular weight is 371 g/mol. The van der Waals surface area contributed by atoms with Crippen molar-refractivity contribution in [3.8, 4) is 0 Å². The molecule has 1 saturated carbocycles. The lowest BCUT2D eigenvalue weighted by molar-refractivity contribution is 0.371. The van der Waals surface area contributed by atoms with Gasteiger partial charge in [0.1, 0.15) is 25.1 Å². The number of nitrogens with one attached hydrogen (secondary N) is 2. The van der Waals surface area contributed by atoms with E-state index in [2.05, 4.69) is 25.7 Å². The van der Waals surface area contributed by atoms with Crippen molar-refractivity contribution < 1.29 is 4.57 Å². The molecule has 0 radical (unpaired) electrons. The molecule has 2 heterocycles. The molecule has 2 atom stereocenters. The van der Waals surface area contributed by atoms with Gasteiger partial charge in [-0.05, 0) is 62.3 Å². The second kappa shape index (κ2) is 7.01. The van der Waals surface area contributed by atoms with Crippen LogP contribution < -0.4 is 16.0 Å². The predicted octanol–water partition coefficient (Wildman–Crippen LogP) is 3.53. The van der Waals surface area contributed by atoms with E-state index in [1.807, 2.05) is 30.3 Å². The van der Waals surface area contributed by atoms with E-state index in [4.69, 9.17) is 0 Å². The molecule has 2 unspecified atom stereocenters. The SMILES string of the molecule is CP(C)(=O)c1ccc(Nc2cc(NN3CC4CCCC4C3)ncn2)cc1. The number of benzene rings is 1. The Balaban J connectivity index is 1.40. The minimum Gasteiger partial charge on any atom is -0.340 e. The summed E-state index contributed by atoms with van der Waals surface area (Å²) in [5.74, 6) is 3.23. The summed E-state index contributed by atoms with van der Waals surface area (Å²) in [4.78, 5) is 8.65.